The van der Waals surface area contributed by atoms with Crippen LogP contribution in [0.4, 0.5) is 13.2 Å². The summed E-state index contributed by atoms with van der Waals surface area (Å²) in [7, 11) is 0. The fourth-order valence-electron chi connectivity index (χ4n) is 0.125. The lowest BCUT2D eigenvalue weighted by Crippen LogP contribution is -2.28. The number of hydrogen-bond acceptors (Lipinski definition) is 2. The minimum Gasteiger partial charge on any atom is -0.296 e. The smallest absolute Gasteiger partial charge is 0.296 e. The van der Waals surface area contributed by atoms with Gasteiger partial charge in [0.1, 0.15) is 6.07 Å². The number of alkyl halides is 3. The van der Waals surface area contributed by atoms with Gasteiger partial charge < -0.3 is 0 Å². The second-order valence-corrected chi connectivity index (χ2v) is 1.26. The fourth-order valence-corrected chi connectivity index (χ4v) is 0.262. The molecular weight excluding hydrogens is 160 g/mol. The average Bonchev–Trinajstić information content (AvgIpc) is 1.65. The Bertz CT molecular complexity index is 116. The predicted octanol–water partition coefficient (Wildman–Crippen LogP) is 1.29. The molecule has 0 spiro atoms. The molecule has 0 aliphatic rings. The molecule has 0 aromatic rings. The Morgan fingerprint density at radius 3 is 2.22 bits per heavy atom. The van der Waals surface area contributed by atoms with Gasteiger partial charge in [0.25, 0.3) is 0 Å². The van der Waals surface area contributed by atoms with Gasteiger partial charge in [-0.1, -0.05) is 11.6 Å². The minimum atomic E-state index is -4.39. The molecule has 9 heavy (non-hydrogen) atoms. The zero-order valence-electron chi connectivity index (χ0n) is 4.04. The van der Waals surface area contributed by atoms with Crippen molar-refractivity contribution in [3.05, 3.63) is 0 Å². The Balaban J connectivity index is 3.85. The first-order valence-electron chi connectivity index (χ1n) is 1.78. The van der Waals surface area contributed by atoms with Crippen molar-refractivity contribution in [1.82, 2.24) is 0 Å². The van der Waals surface area contributed by atoms with Crippen molar-refractivity contribution in [1.29, 1.82) is 0 Å². The van der Waals surface area contributed by atoms with Crippen LogP contribution in [0.2, 0.25) is 0 Å². The minimum absolute atomic E-state index is 0.928. The molecule has 0 aromatic heterocycles. The molecule has 0 rings (SSSR count). The van der Waals surface area contributed by atoms with Crippen LogP contribution in [0.15, 0.2) is 0 Å². The van der Waals surface area contributed by atoms with Crippen molar-refractivity contribution in [2.45, 2.75) is 6.11 Å². The van der Waals surface area contributed by atoms with Gasteiger partial charge >= 0.3 is 12.1 Å². The molecule has 0 radical (unpaired) electrons. The van der Waals surface area contributed by atoms with E-state index < -0.39 is 18.2 Å². The van der Waals surface area contributed by atoms with Gasteiger partial charge in [-0.05, 0) is 0 Å². The summed E-state index contributed by atoms with van der Waals surface area (Å²) in [5.41, 5.74) is 0. The molecule has 0 unspecified atom stereocenters. The van der Waals surface area contributed by atoms with Crippen LogP contribution in [0.5, 0.6) is 0 Å². The van der Waals surface area contributed by atoms with Crippen LogP contribution in [0.3, 0.4) is 0 Å². The number of carbonyl (C=O) groups is 1. The van der Waals surface area contributed by atoms with Gasteiger partial charge in [-0.3, -0.25) is 9.53 Å². The first kappa shape index (κ1) is 8.71. The molecule has 54 valence electrons. The lowest BCUT2D eigenvalue weighted by Gasteiger charge is -2.06. The molecule has 0 bridgehead atoms. The van der Waals surface area contributed by atoms with E-state index in [1.54, 1.807) is 0 Å². The maximum atomic E-state index is 11.5. The summed E-state index contributed by atoms with van der Waals surface area (Å²) in [6, 6.07) is -3.77. The first-order chi connectivity index (χ1) is 4.00. The van der Waals surface area contributed by atoms with E-state index in [1.165, 1.54) is 0 Å². The third-order valence-electron chi connectivity index (χ3n) is 0.465. The van der Waals surface area contributed by atoms with E-state index in [1.807, 2.05) is 0 Å². The van der Waals surface area contributed by atoms with Crippen LogP contribution in [0.1, 0.15) is 0 Å². The summed E-state index contributed by atoms with van der Waals surface area (Å²) in [5.74, 6) is 0. The van der Waals surface area contributed by atoms with Gasteiger partial charge in [0.2, 0.25) is 0 Å². The van der Waals surface area contributed by atoms with Crippen LogP contribution in [0.25, 0.3) is 0 Å². The normalized spacial score (nSPS) is 11.6. The molecule has 0 heterocycles. The Hall–Kier alpha value is -0.290. The third-order valence-corrected chi connectivity index (χ3v) is 0.574. The van der Waals surface area contributed by atoms with Gasteiger partial charge in [-0.2, -0.15) is 13.2 Å². The van der Waals surface area contributed by atoms with Crippen molar-refractivity contribution in [2.75, 3.05) is 6.07 Å². The van der Waals surface area contributed by atoms with Crippen molar-refractivity contribution >= 4 is 17.6 Å². The van der Waals surface area contributed by atoms with E-state index in [0.29, 0.717) is 0 Å². The lowest BCUT2D eigenvalue weighted by atomic mass is 10.7. The van der Waals surface area contributed by atoms with Crippen molar-refractivity contribution in [3.8, 4) is 0 Å². The molecule has 0 saturated heterocycles. The van der Waals surface area contributed by atoms with Crippen LogP contribution in [0, 0.1) is 0 Å². The quantitative estimate of drug-likeness (QED) is 0.462. The standard InChI is InChI=1S/C3H2ClF3O2/c4-1-9-3(6,7)2(5)8/h1H2. The Kier molecular flexibility index (Phi) is 2.93. The van der Waals surface area contributed by atoms with E-state index in [9.17, 15) is 18.0 Å². The second kappa shape index (κ2) is 3.03. The maximum Gasteiger partial charge on any atom is 0.449 e. The summed E-state index contributed by atoms with van der Waals surface area (Å²) >= 11 is 4.61. The van der Waals surface area contributed by atoms with Crippen molar-refractivity contribution in [2.24, 2.45) is 0 Å². The van der Waals surface area contributed by atoms with E-state index in [-0.39, 0.29) is 0 Å². The van der Waals surface area contributed by atoms with E-state index in [4.69, 9.17) is 0 Å². The monoisotopic (exact) mass is 162 g/mol. The Morgan fingerprint density at radius 1 is 1.67 bits per heavy atom. The van der Waals surface area contributed by atoms with Gasteiger partial charge in [0, 0.05) is 0 Å². The molecule has 6 heteroatoms. The van der Waals surface area contributed by atoms with E-state index >= 15 is 0 Å². The average molecular weight is 162 g/mol. The SMILES string of the molecule is O=C(F)C(F)(F)OCCl. The second-order valence-electron chi connectivity index (χ2n) is 1.04. The van der Waals surface area contributed by atoms with Crippen LogP contribution < -0.4 is 0 Å². The van der Waals surface area contributed by atoms with Crippen LogP contribution >= 0.6 is 11.6 Å². The van der Waals surface area contributed by atoms with Crippen LogP contribution in [-0.2, 0) is 9.53 Å². The van der Waals surface area contributed by atoms with E-state index in [2.05, 4.69) is 16.3 Å². The topological polar surface area (TPSA) is 26.3 Å². The summed E-state index contributed by atoms with van der Waals surface area (Å²) in [5, 5.41) is 0. The zero-order valence-corrected chi connectivity index (χ0v) is 4.79. The van der Waals surface area contributed by atoms with Gasteiger partial charge in [0.05, 0.1) is 0 Å². The highest BCUT2D eigenvalue weighted by atomic mass is 35.5. The summed E-state index contributed by atoms with van der Waals surface area (Å²) in [4.78, 5) is 9.26. The van der Waals surface area contributed by atoms with Crippen molar-refractivity contribution in [3.63, 3.8) is 0 Å². The van der Waals surface area contributed by atoms with Gasteiger partial charge in [-0.25, -0.2) is 0 Å². The number of rotatable bonds is 3. The lowest BCUT2D eigenvalue weighted by molar-refractivity contribution is -0.231. The molecule has 0 fully saturated rings. The third kappa shape index (κ3) is 2.67. The number of carbonyl (C=O) groups excluding carboxylic acids is 1. The number of halogens is 4. The number of ether oxygens (including phenoxy) is 1. The predicted molar refractivity (Wildman–Crippen MR) is 22.9 cm³/mol. The zero-order chi connectivity index (χ0) is 7.49. The maximum absolute atomic E-state index is 11.5. The highest BCUT2D eigenvalue weighted by Gasteiger charge is 2.40. The summed E-state index contributed by atoms with van der Waals surface area (Å²) in [6.45, 7) is 0. The van der Waals surface area contributed by atoms with E-state index in [0.717, 1.165) is 0 Å². The largest absolute Gasteiger partial charge is 0.449 e. The molecular formula is C3H2ClF3O2. The molecule has 0 aromatic carbocycles. The number of hydrogen-bond donors (Lipinski definition) is 0. The fraction of sp³-hybridized carbons (Fsp3) is 0.667. The highest BCUT2D eigenvalue weighted by Crippen LogP contribution is 2.17. The summed E-state index contributed by atoms with van der Waals surface area (Å²) in [6.07, 6.45) is -4.39. The van der Waals surface area contributed by atoms with Gasteiger partial charge in [-0.15, -0.1) is 0 Å². The molecule has 2 nitrogen and oxygen atoms in total. The van der Waals surface area contributed by atoms with Crippen LogP contribution in [-0.4, -0.2) is 18.2 Å². The summed E-state index contributed by atoms with van der Waals surface area (Å²) < 4.78 is 37.3. The van der Waals surface area contributed by atoms with Gasteiger partial charge in [0.15, 0.2) is 0 Å². The Labute approximate surface area is 53.5 Å². The first-order valence-corrected chi connectivity index (χ1v) is 2.32. The molecule has 0 atom stereocenters. The molecule has 0 N–H and O–H groups in total. The van der Waals surface area contributed by atoms with Crippen molar-refractivity contribution < 1.29 is 22.7 Å². The molecule has 0 amide bonds. The highest BCUT2D eigenvalue weighted by molar-refractivity contribution is 6.17. The molecule has 0 aliphatic carbocycles. The molecule has 0 saturated carbocycles. The molecule has 0 aliphatic heterocycles. The Morgan fingerprint density at radius 2 is 2.11 bits per heavy atom.